The minimum Gasteiger partial charge on any atom is -0.310 e. The van der Waals surface area contributed by atoms with Crippen LogP contribution in [0.15, 0.2) is 0 Å². The van der Waals surface area contributed by atoms with Crippen LogP contribution in [-0.2, 0) is 6.42 Å². The molecule has 2 aliphatic rings. The van der Waals surface area contributed by atoms with Gasteiger partial charge in [0.1, 0.15) is 12.0 Å². The molecule has 1 unspecified atom stereocenters. The first kappa shape index (κ1) is 7.50. The van der Waals surface area contributed by atoms with Gasteiger partial charge in [-0.25, -0.2) is 9.67 Å². The lowest BCUT2D eigenvalue weighted by Crippen LogP contribution is -2.25. The molecule has 4 nitrogen and oxygen atoms in total. The van der Waals surface area contributed by atoms with Crippen molar-refractivity contribution < 1.29 is 0 Å². The average molecular weight is 178 g/mol. The zero-order chi connectivity index (χ0) is 8.84. The fourth-order valence-corrected chi connectivity index (χ4v) is 1.92. The maximum Gasteiger partial charge on any atom is 0.154 e. The van der Waals surface area contributed by atoms with E-state index in [0.29, 0.717) is 5.92 Å². The summed E-state index contributed by atoms with van der Waals surface area (Å²) in [7, 11) is 0. The maximum atomic E-state index is 5.94. The fourth-order valence-electron chi connectivity index (χ4n) is 1.92. The van der Waals surface area contributed by atoms with Crippen molar-refractivity contribution in [3.05, 3.63) is 11.6 Å². The van der Waals surface area contributed by atoms with E-state index in [9.17, 15) is 0 Å². The molecule has 1 aromatic rings. The number of hydrogen-bond acceptors (Lipinski definition) is 3. The van der Waals surface area contributed by atoms with Gasteiger partial charge in [0.05, 0.1) is 0 Å². The Labute approximate surface area is 77.1 Å². The van der Waals surface area contributed by atoms with E-state index < -0.39 is 0 Å². The number of fused-ring (bicyclic) bond motifs is 1. The summed E-state index contributed by atoms with van der Waals surface area (Å²) in [6, 6.07) is 0. The Balaban J connectivity index is 1.99. The quantitative estimate of drug-likeness (QED) is 0.696. The van der Waals surface area contributed by atoms with Crippen molar-refractivity contribution in [2.75, 3.05) is 0 Å². The van der Waals surface area contributed by atoms with Crippen LogP contribution in [0.5, 0.6) is 0 Å². The van der Waals surface area contributed by atoms with Crippen LogP contribution in [0.2, 0.25) is 0 Å². The second-order valence-electron chi connectivity index (χ2n) is 4.06. The summed E-state index contributed by atoms with van der Waals surface area (Å²) in [5.74, 6) is 2.78. The van der Waals surface area contributed by atoms with Crippen LogP contribution in [-0.4, -0.2) is 14.8 Å². The molecular weight excluding hydrogens is 164 g/mol. The Bertz CT molecular complexity index is 326. The van der Waals surface area contributed by atoms with Gasteiger partial charge in [0.25, 0.3) is 0 Å². The van der Waals surface area contributed by atoms with Gasteiger partial charge in [0, 0.05) is 12.3 Å². The third kappa shape index (κ3) is 1.16. The summed E-state index contributed by atoms with van der Waals surface area (Å²) in [4.78, 5) is 4.54. The molecule has 0 aromatic carbocycles. The largest absolute Gasteiger partial charge is 0.310 e. The van der Waals surface area contributed by atoms with E-state index in [4.69, 9.17) is 5.73 Å². The molecule has 1 aliphatic carbocycles. The lowest BCUT2D eigenvalue weighted by molar-refractivity contribution is 0.371. The average Bonchev–Trinajstić information content (AvgIpc) is 2.87. The first-order chi connectivity index (χ1) is 6.34. The molecule has 13 heavy (non-hydrogen) atoms. The molecule has 0 spiro atoms. The topological polar surface area (TPSA) is 56.7 Å². The van der Waals surface area contributed by atoms with Gasteiger partial charge in [-0.3, -0.25) is 0 Å². The molecule has 0 radical (unpaired) electrons. The van der Waals surface area contributed by atoms with E-state index in [0.717, 1.165) is 30.9 Å². The van der Waals surface area contributed by atoms with Gasteiger partial charge in [0.15, 0.2) is 5.82 Å². The predicted molar refractivity (Wildman–Crippen MR) is 48.2 cm³/mol. The van der Waals surface area contributed by atoms with Crippen molar-refractivity contribution in [2.45, 2.75) is 44.2 Å². The van der Waals surface area contributed by atoms with Crippen LogP contribution in [0.4, 0.5) is 0 Å². The van der Waals surface area contributed by atoms with Gasteiger partial charge in [-0.2, -0.15) is 5.10 Å². The van der Waals surface area contributed by atoms with Crippen LogP contribution >= 0.6 is 0 Å². The fraction of sp³-hybridized carbons (Fsp3) is 0.778. The Kier molecular flexibility index (Phi) is 1.47. The van der Waals surface area contributed by atoms with Crippen LogP contribution in [0.1, 0.15) is 49.4 Å². The lowest BCUT2D eigenvalue weighted by atomic mass is 10.1. The van der Waals surface area contributed by atoms with E-state index in [1.54, 1.807) is 0 Å². The first-order valence-electron chi connectivity index (χ1n) is 5.05. The highest BCUT2D eigenvalue weighted by Crippen LogP contribution is 2.38. The van der Waals surface area contributed by atoms with Crippen molar-refractivity contribution in [3.8, 4) is 0 Å². The molecular formula is C9H14N4. The predicted octanol–water partition coefficient (Wildman–Crippen LogP) is 0.949. The molecule has 0 saturated heterocycles. The normalized spacial score (nSPS) is 27.3. The molecule has 1 saturated carbocycles. The van der Waals surface area contributed by atoms with Gasteiger partial charge in [-0.1, -0.05) is 0 Å². The van der Waals surface area contributed by atoms with Crippen molar-refractivity contribution in [2.24, 2.45) is 5.73 Å². The highest BCUT2D eigenvalue weighted by molar-refractivity contribution is 5.07. The van der Waals surface area contributed by atoms with Gasteiger partial charge in [-0.05, 0) is 25.7 Å². The minimum atomic E-state index is 0.0729. The molecule has 2 heterocycles. The van der Waals surface area contributed by atoms with Crippen LogP contribution < -0.4 is 5.73 Å². The molecule has 2 N–H and O–H groups in total. The summed E-state index contributed by atoms with van der Waals surface area (Å²) in [5, 5.41) is 4.47. The first-order valence-corrected chi connectivity index (χ1v) is 5.05. The zero-order valence-electron chi connectivity index (χ0n) is 7.61. The van der Waals surface area contributed by atoms with E-state index in [1.807, 2.05) is 4.68 Å². The molecule has 1 aromatic heterocycles. The summed E-state index contributed by atoms with van der Waals surface area (Å²) in [5.41, 5.74) is 5.94. The van der Waals surface area contributed by atoms with E-state index >= 15 is 0 Å². The molecule has 0 amide bonds. The highest BCUT2D eigenvalue weighted by Gasteiger charge is 2.30. The molecule has 0 bridgehead atoms. The Morgan fingerprint density at radius 1 is 1.31 bits per heavy atom. The third-order valence-electron chi connectivity index (χ3n) is 2.88. The van der Waals surface area contributed by atoms with Crippen LogP contribution in [0, 0.1) is 0 Å². The second kappa shape index (κ2) is 2.54. The molecule has 1 fully saturated rings. The summed E-state index contributed by atoms with van der Waals surface area (Å²) >= 11 is 0. The Morgan fingerprint density at radius 2 is 2.15 bits per heavy atom. The highest BCUT2D eigenvalue weighted by atomic mass is 15.4. The lowest BCUT2D eigenvalue weighted by Gasteiger charge is -2.18. The van der Waals surface area contributed by atoms with E-state index in [1.165, 1.54) is 12.8 Å². The molecule has 1 aliphatic heterocycles. The number of nitrogens with zero attached hydrogens (tertiary/aromatic N) is 3. The van der Waals surface area contributed by atoms with Crippen molar-refractivity contribution in [1.29, 1.82) is 0 Å². The summed E-state index contributed by atoms with van der Waals surface area (Å²) < 4.78 is 1.93. The Morgan fingerprint density at radius 3 is 2.85 bits per heavy atom. The van der Waals surface area contributed by atoms with E-state index in [2.05, 4.69) is 10.1 Å². The minimum absolute atomic E-state index is 0.0729. The second-order valence-corrected chi connectivity index (χ2v) is 4.06. The van der Waals surface area contributed by atoms with Gasteiger partial charge in [0.2, 0.25) is 0 Å². The number of rotatable bonds is 1. The summed E-state index contributed by atoms with van der Waals surface area (Å²) in [6.45, 7) is 0. The Hall–Kier alpha value is -0.900. The third-order valence-corrected chi connectivity index (χ3v) is 2.88. The number of hydrogen-bond donors (Lipinski definition) is 1. The molecule has 70 valence electrons. The van der Waals surface area contributed by atoms with Gasteiger partial charge in [-0.15, -0.1) is 0 Å². The molecule has 4 heteroatoms. The van der Waals surface area contributed by atoms with Crippen LogP contribution in [0.3, 0.4) is 0 Å². The molecule has 1 atom stereocenters. The molecule has 3 rings (SSSR count). The van der Waals surface area contributed by atoms with Gasteiger partial charge < -0.3 is 5.73 Å². The number of aryl methyl sites for hydroxylation is 1. The number of aromatic nitrogens is 3. The smallest absolute Gasteiger partial charge is 0.154 e. The standard InChI is InChI=1S/C9H14N4/c10-7-2-1-3-8-11-9(6-4-5-6)12-13(7)8/h6-7H,1-5,10H2. The number of nitrogens with two attached hydrogens (primary N) is 1. The maximum absolute atomic E-state index is 5.94. The SMILES string of the molecule is NC1CCCc2nc(C3CC3)nn21. The summed E-state index contributed by atoms with van der Waals surface area (Å²) in [6.07, 6.45) is 5.85. The monoisotopic (exact) mass is 178 g/mol. The van der Waals surface area contributed by atoms with Crippen molar-refractivity contribution in [3.63, 3.8) is 0 Å². The van der Waals surface area contributed by atoms with Gasteiger partial charge >= 0.3 is 0 Å². The van der Waals surface area contributed by atoms with Crippen LogP contribution in [0.25, 0.3) is 0 Å². The zero-order valence-corrected chi connectivity index (χ0v) is 7.61. The van der Waals surface area contributed by atoms with Crippen molar-refractivity contribution in [1.82, 2.24) is 14.8 Å². The van der Waals surface area contributed by atoms with Crippen molar-refractivity contribution >= 4 is 0 Å². The van der Waals surface area contributed by atoms with E-state index in [-0.39, 0.29) is 6.17 Å².